The first-order valence-corrected chi connectivity index (χ1v) is 10.4. The van der Waals surface area contributed by atoms with E-state index in [1.165, 1.54) is 0 Å². The van der Waals surface area contributed by atoms with E-state index in [9.17, 15) is 28.8 Å². The lowest BCUT2D eigenvalue weighted by atomic mass is 10.0. The Morgan fingerprint density at radius 1 is 0.788 bits per heavy atom. The van der Waals surface area contributed by atoms with Gasteiger partial charge in [0.1, 0.15) is 18.1 Å². The highest BCUT2D eigenvalue weighted by Gasteiger charge is 2.32. The molecule has 0 aromatic rings. The van der Waals surface area contributed by atoms with Gasteiger partial charge in [0.25, 0.3) is 0 Å². The second-order valence-electron chi connectivity index (χ2n) is 7.84. The minimum Gasteiger partial charge on any atom is -0.481 e. The van der Waals surface area contributed by atoms with Gasteiger partial charge in [-0.2, -0.15) is 0 Å². The molecule has 4 unspecified atom stereocenters. The number of rotatable bonds is 16. The molecule has 4 amide bonds. The van der Waals surface area contributed by atoms with Crippen molar-refractivity contribution in [2.45, 2.75) is 70.1 Å². The van der Waals surface area contributed by atoms with Crippen LogP contribution < -0.4 is 33.2 Å². The quantitative estimate of drug-likeness (QED) is 0.105. The molecule has 0 aromatic heterocycles. The van der Waals surface area contributed by atoms with Crippen LogP contribution in [0.5, 0.6) is 0 Å². The number of carboxylic acid groups (broad SMARTS) is 2. The van der Waals surface area contributed by atoms with Gasteiger partial charge in [-0.3, -0.25) is 24.0 Å². The Hall–Kier alpha value is -3.26. The predicted octanol–water partition coefficient (Wildman–Crippen LogP) is -3.01. The summed E-state index contributed by atoms with van der Waals surface area (Å²) in [6.45, 7) is 3.79. The SMILES string of the molecule is CC(C)C(N)C(=O)NC(CCCCN)C(=O)NC(CC(N)=O)C(=O)NC(CC(=O)O)C(=O)O. The molecule has 4 atom stereocenters. The number of aliphatic carboxylic acids is 2. The zero-order valence-corrected chi connectivity index (χ0v) is 18.7. The van der Waals surface area contributed by atoms with Gasteiger partial charge in [0.2, 0.25) is 23.6 Å². The Morgan fingerprint density at radius 2 is 1.30 bits per heavy atom. The predicted molar refractivity (Wildman–Crippen MR) is 115 cm³/mol. The number of nitrogens with two attached hydrogens (primary N) is 3. The molecular formula is C19H34N6O8. The van der Waals surface area contributed by atoms with Crippen molar-refractivity contribution < 1.29 is 39.0 Å². The summed E-state index contributed by atoms with van der Waals surface area (Å²) in [6.07, 6.45) is -0.453. The third kappa shape index (κ3) is 11.8. The second-order valence-corrected chi connectivity index (χ2v) is 7.84. The van der Waals surface area contributed by atoms with Crippen LogP contribution in [0.1, 0.15) is 46.0 Å². The third-order valence-corrected chi connectivity index (χ3v) is 4.63. The van der Waals surface area contributed by atoms with Gasteiger partial charge < -0.3 is 43.4 Å². The fourth-order valence-electron chi connectivity index (χ4n) is 2.66. The number of carboxylic acids is 2. The zero-order chi connectivity index (χ0) is 25.7. The van der Waals surface area contributed by atoms with Crippen LogP contribution in [-0.2, 0) is 28.8 Å². The molecule has 0 spiro atoms. The van der Waals surface area contributed by atoms with Crippen molar-refractivity contribution in [3.63, 3.8) is 0 Å². The summed E-state index contributed by atoms with van der Waals surface area (Å²) >= 11 is 0. The van der Waals surface area contributed by atoms with Gasteiger partial charge >= 0.3 is 11.9 Å². The van der Waals surface area contributed by atoms with Crippen LogP contribution in [0.2, 0.25) is 0 Å². The van der Waals surface area contributed by atoms with Crippen molar-refractivity contribution >= 4 is 35.6 Å². The molecule has 188 valence electrons. The molecule has 14 heteroatoms. The van der Waals surface area contributed by atoms with Crippen LogP contribution in [-0.4, -0.2) is 76.5 Å². The van der Waals surface area contributed by atoms with Gasteiger partial charge in [-0.1, -0.05) is 13.8 Å². The Morgan fingerprint density at radius 3 is 1.76 bits per heavy atom. The molecule has 0 fully saturated rings. The van der Waals surface area contributed by atoms with Crippen molar-refractivity contribution in [1.29, 1.82) is 0 Å². The van der Waals surface area contributed by atoms with E-state index in [0.29, 0.717) is 19.4 Å². The Bertz CT molecular complexity index is 729. The summed E-state index contributed by atoms with van der Waals surface area (Å²) in [5, 5.41) is 24.6. The lowest BCUT2D eigenvalue weighted by Gasteiger charge is -2.25. The van der Waals surface area contributed by atoms with Gasteiger partial charge in [0.15, 0.2) is 0 Å². The minimum atomic E-state index is -1.80. The van der Waals surface area contributed by atoms with Gasteiger partial charge in [-0.05, 0) is 31.7 Å². The van der Waals surface area contributed by atoms with Crippen molar-refractivity contribution in [3.8, 4) is 0 Å². The number of hydrogen-bond donors (Lipinski definition) is 8. The van der Waals surface area contributed by atoms with E-state index in [1.807, 2.05) is 5.32 Å². The molecule has 0 aliphatic rings. The summed E-state index contributed by atoms with van der Waals surface area (Å²) in [7, 11) is 0. The van der Waals surface area contributed by atoms with Gasteiger partial charge in [-0.15, -0.1) is 0 Å². The summed E-state index contributed by atoms with van der Waals surface area (Å²) < 4.78 is 0. The number of carbonyl (C=O) groups is 6. The lowest BCUT2D eigenvalue weighted by Crippen LogP contribution is -2.58. The smallest absolute Gasteiger partial charge is 0.326 e. The summed E-state index contributed by atoms with van der Waals surface area (Å²) in [5.41, 5.74) is 16.4. The summed E-state index contributed by atoms with van der Waals surface area (Å²) in [5.74, 6) is -6.85. The minimum absolute atomic E-state index is 0.154. The largest absolute Gasteiger partial charge is 0.481 e. The fraction of sp³-hybridized carbons (Fsp3) is 0.684. The first-order chi connectivity index (χ1) is 15.3. The van der Waals surface area contributed by atoms with E-state index in [-0.39, 0.29) is 12.3 Å². The highest BCUT2D eigenvalue weighted by atomic mass is 16.4. The van der Waals surface area contributed by atoms with Crippen molar-refractivity contribution in [2.24, 2.45) is 23.1 Å². The van der Waals surface area contributed by atoms with Crippen LogP contribution in [0.4, 0.5) is 0 Å². The lowest BCUT2D eigenvalue weighted by molar-refractivity contribution is -0.147. The van der Waals surface area contributed by atoms with E-state index >= 15 is 0 Å². The Balaban J connectivity index is 5.55. The number of unbranched alkanes of at least 4 members (excludes halogenated alkanes) is 1. The standard InChI is InChI=1S/C19H34N6O8/c1-9(2)15(22)18(31)23-10(5-3-4-6-20)16(29)24-11(7-13(21)26)17(30)25-12(19(32)33)8-14(27)28/h9-12,15H,3-8,20,22H2,1-2H3,(H2,21,26)(H,23,31)(H,24,29)(H,25,30)(H,27,28)(H,32,33). The average molecular weight is 475 g/mol. The molecule has 0 rings (SSSR count). The molecule has 0 aliphatic heterocycles. The molecule has 0 aliphatic carbocycles. The normalized spacial score (nSPS) is 14.5. The van der Waals surface area contributed by atoms with Crippen molar-refractivity contribution in [1.82, 2.24) is 16.0 Å². The highest BCUT2D eigenvalue weighted by Crippen LogP contribution is 2.06. The molecule has 0 bridgehead atoms. The van der Waals surface area contributed by atoms with Gasteiger partial charge in [-0.25, -0.2) is 4.79 Å². The number of nitrogens with one attached hydrogen (secondary N) is 3. The van der Waals surface area contributed by atoms with E-state index in [4.69, 9.17) is 27.4 Å². The van der Waals surface area contributed by atoms with Gasteiger partial charge in [0.05, 0.1) is 18.9 Å². The maximum Gasteiger partial charge on any atom is 0.326 e. The van der Waals surface area contributed by atoms with Crippen LogP contribution in [0.3, 0.4) is 0 Å². The van der Waals surface area contributed by atoms with E-state index in [0.717, 1.165) is 0 Å². The maximum absolute atomic E-state index is 12.8. The van der Waals surface area contributed by atoms with E-state index in [1.54, 1.807) is 13.8 Å². The number of amides is 4. The fourth-order valence-corrected chi connectivity index (χ4v) is 2.66. The molecule has 14 nitrogen and oxygen atoms in total. The highest BCUT2D eigenvalue weighted by molar-refractivity contribution is 5.96. The summed E-state index contributed by atoms with van der Waals surface area (Å²) in [6, 6.07) is -5.41. The average Bonchev–Trinajstić information content (AvgIpc) is 2.70. The molecule has 0 heterocycles. The number of carbonyl (C=O) groups excluding carboxylic acids is 4. The topological polar surface area (TPSA) is 257 Å². The third-order valence-electron chi connectivity index (χ3n) is 4.63. The van der Waals surface area contributed by atoms with E-state index < -0.39 is 72.6 Å². The molecule has 0 aromatic carbocycles. The van der Waals surface area contributed by atoms with Crippen molar-refractivity contribution in [2.75, 3.05) is 6.54 Å². The van der Waals surface area contributed by atoms with Crippen LogP contribution >= 0.6 is 0 Å². The first-order valence-electron chi connectivity index (χ1n) is 10.4. The second kappa shape index (κ2) is 14.7. The van der Waals surface area contributed by atoms with Crippen LogP contribution in [0.15, 0.2) is 0 Å². The Kier molecular flexibility index (Phi) is 13.3. The molecule has 0 radical (unpaired) electrons. The molecule has 0 saturated carbocycles. The van der Waals surface area contributed by atoms with Gasteiger partial charge in [0, 0.05) is 0 Å². The molecule has 33 heavy (non-hydrogen) atoms. The van der Waals surface area contributed by atoms with Crippen molar-refractivity contribution in [3.05, 3.63) is 0 Å². The van der Waals surface area contributed by atoms with Crippen LogP contribution in [0.25, 0.3) is 0 Å². The first kappa shape index (κ1) is 29.7. The Labute approximate surface area is 191 Å². The number of primary amides is 1. The van der Waals surface area contributed by atoms with E-state index in [2.05, 4.69) is 10.6 Å². The molecular weight excluding hydrogens is 440 g/mol. The monoisotopic (exact) mass is 474 g/mol. The summed E-state index contributed by atoms with van der Waals surface area (Å²) in [4.78, 5) is 71.1. The zero-order valence-electron chi connectivity index (χ0n) is 18.7. The number of hydrogen-bond acceptors (Lipinski definition) is 8. The maximum atomic E-state index is 12.8. The van der Waals surface area contributed by atoms with Crippen LogP contribution in [0, 0.1) is 5.92 Å². The molecule has 11 N–H and O–H groups in total. The molecule has 0 saturated heterocycles.